The molecular weight excluding hydrogens is 308 g/mol. The topological polar surface area (TPSA) is 65.9 Å². The molecule has 0 aliphatic rings. The molecule has 4 nitrogen and oxygen atoms in total. The Morgan fingerprint density at radius 1 is 1.08 bits per heavy atom. The van der Waals surface area contributed by atoms with Gasteiger partial charge in [-0.15, -0.1) is 0 Å². The minimum Gasteiger partial charge on any atom is -0.399 e. The lowest BCUT2D eigenvalue weighted by Gasteiger charge is -2.34. The summed E-state index contributed by atoms with van der Waals surface area (Å²) in [6.07, 6.45) is 2.43. The number of anilines is 1. The summed E-state index contributed by atoms with van der Waals surface area (Å²) in [7, 11) is 0. The summed E-state index contributed by atoms with van der Waals surface area (Å²) in [6.45, 7) is 9.59. The molecule has 1 heterocycles. The molecule has 1 atom stereocenters. The van der Waals surface area contributed by atoms with E-state index in [1.54, 1.807) is 6.20 Å². The number of nitriles is 1. The van der Waals surface area contributed by atoms with Crippen LogP contribution in [0.3, 0.4) is 0 Å². The van der Waals surface area contributed by atoms with E-state index >= 15 is 0 Å². The van der Waals surface area contributed by atoms with Gasteiger partial charge in [0, 0.05) is 30.5 Å². The number of aromatic nitrogens is 1. The van der Waals surface area contributed by atoms with Gasteiger partial charge in [-0.05, 0) is 63.9 Å². The van der Waals surface area contributed by atoms with Crippen LogP contribution in [-0.4, -0.2) is 28.5 Å². The molecule has 0 aliphatic heterocycles. The van der Waals surface area contributed by atoms with Crippen molar-refractivity contribution in [2.75, 3.05) is 12.3 Å². The predicted molar refractivity (Wildman–Crippen MR) is 103 cm³/mol. The summed E-state index contributed by atoms with van der Waals surface area (Å²) < 4.78 is 0. The van der Waals surface area contributed by atoms with Crippen LogP contribution in [0.15, 0.2) is 48.7 Å². The van der Waals surface area contributed by atoms with Crippen molar-refractivity contribution in [1.82, 2.24) is 9.88 Å². The highest BCUT2D eigenvalue weighted by molar-refractivity contribution is 5.48. The van der Waals surface area contributed by atoms with Gasteiger partial charge < -0.3 is 5.73 Å². The molecule has 0 aliphatic carbocycles. The molecule has 0 spiro atoms. The van der Waals surface area contributed by atoms with Gasteiger partial charge in [0.2, 0.25) is 0 Å². The highest BCUT2D eigenvalue weighted by Crippen LogP contribution is 2.35. The highest BCUT2D eigenvalue weighted by Gasteiger charge is 2.36. The Morgan fingerprint density at radius 2 is 1.72 bits per heavy atom. The Hall–Kier alpha value is -2.38. The van der Waals surface area contributed by atoms with Gasteiger partial charge >= 0.3 is 0 Å². The van der Waals surface area contributed by atoms with E-state index in [0.717, 1.165) is 17.8 Å². The maximum Gasteiger partial charge on any atom is 0.125 e. The van der Waals surface area contributed by atoms with Crippen molar-refractivity contribution < 1.29 is 0 Å². The number of hydrogen-bond donors (Lipinski definition) is 1. The fourth-order valence-corrected chi connectivity index (χ4v) is 3.39. The third-order valence-electron chi connectivity index (χ3n) is 4.77. The van der Waals surface area contributed by atoms with E-state index in [-0.39, 0.29) is 0 Å². The van der Waals surface area contributed by atoms with E-state index < -0.39 is 5.41 Å². The number of rotatable bonds is 7. The maximum atomic E-state index is 10.2. The van der Waals surface area contributed by atoms with Crippen molar-refractivity contribution in [1.29, 1.82) is 5.26 Å². The number of hydrogen-bond acceptors (Lipinski definition) is 4. The first-order valence-electron chi connectivity index (χ1n) is 8.85. The van der Waals surface area contributed by atoms with Crippen molar-refractivity contribution >= 4 is 5.69 Å². The minimum absolute atomic E-state index is 0.423. The van der Waals surface area contributed by atoms with Crippen molar-refractivity contribution in [3.8, 4) is 6.07 Å². The van der Waals surface area contributed by atoms with Crippen LogP contribution in [0.4, 0.5) is 5.69 Å². The van der Waals surface area contributed by atoms with Crippen molar-refractivity contribution in [2.24, 2.45) is 0 Å². The van der Waals surface area contributed by atoms with Crippen LogP contribution in [0.1, 0.15) is 45.4 Å². The van der Waals surface area contributed by atoms with Gasteiger partial charge in [-0.25, -0.2) is 0 Å². The minimum atomic E-state index is -0.781. The van der Waals surface area contributed by atoms with Crippen LogP contribution in [0.5, 0.6) is 0 Å². The second-order valence-electron chi connectivity index (χ2n) is 7.03. The molecule has 25 heavy (non-hydrogen) atoms. The molecule has 0 saturated carbocycles. The lowest BCUT2D eigenvalue weighted by Crippen LogP contribution is -2.41. The van der Waals surface area contributed by atoms with Crippen molar-refractivity contribution in [2.45, 2.75) is 51.6 Å². The lowest BCUT2D eigenvalue weighted by molar-refractivity contribution is 0.166. The Balaban J connectivity index is 2.45. The third kappa shape index (κ3) is 4.18. The molecule has 2 rings (SSSR count). The molecule has 4 heteroatoms. The first-order chi connectivity index (χ1) is 11.9. The third-order valence-corrected chi connectivity index (χ3v) is 4.77. The molecule has 1 aromatic carbocycles. The quantitative estimate of drug-likeness (QED) is 0.777. The van der Waals surface area contributed by atoms with Gasteiger partial charge in [0.05, 0.1) is 11.8 Å². The van der Waals surface area contributed by atoms with E-state index in [4.69, 9.17) is 5.73 Å². The SMILES string of the molecule is CC(C)N(CCC(C#N)(c1ccc(N)cc1)c1ccccn1)C(C)C. The van der Waals surface area contributed by atoms with Crippen LogP contribution >= 0.6 is 0 Å². The molecule has 0 saturated heterocycles. The number of benzene rings is 1. The summed E-state index contributed by atoms with van der Waals surface area (Å²) in [5.41, 5.74) is 7.49. The average molecular weight is 336 g/mol. The van der Waals surface area contributed by atoms with Crippen LogP contribution in [0.25, 0.3) is 0 Å². The summed E-state index contributed by atoms with van der Waals surface area (Å²) in [6, 6.07) is 16.8. The zero-order chi connectivity index (χ0) is 18.4. The molecular formula is C21H28N4. The smallest absolute Gasteiger partial charge is 0.125 e. The standard InChI is InChI=1S/C21H28N4/c1-16(2)25(17(3)4)14-12-21(15-22,20-7-5-6-13-24-20)18-8-10-19(23)11-9-18/h5-11,13,16-17H,12,14,23H2,1-4H3. The maximum absolute atomic E-state index is 10.2. The fraction of sp³-hybridized carbons (Fsp3) is 0.429. The number of pyridine rings is 1. The van der Waals surface area contributed by atoms with E-state index in [1.165, 1.54) is 0 Å². The summed E-state index contributed by atoms with van der Waals surface area (Å²) in [5.74, 6) is 0. The zero-order valence-corrected chi connectivity index (χ0v) is 15.6. The molecule has 0 fully saturated rings. The van der Waals surface area contributed by atoms with E-state index in [0.29, 0.717) is 24.2 Å². The molecule has 1 unspecified atom stereocenters. The van der Waals surface area contributed by atoms with E-state index in [1.807, 2.05) is 42.5 Å². The predicted octanol–water partition coefficient (Wildman–Crippen LogP) is 3.98. The normalized spacial score (nSPS) is 13.8. The molecule has 1 aromatic heterocycles. The van der Waals surface area contributed by atoms with Gasteiger partial charge in [0.15, 0.2) is 0 Å². The Labute approximate surface area is 151 Å². The average Bonchev–Trinajstić information content (AvgIpc) is 2.60. The first-order valence-corrected chi connectivity index (χ1v) is 8.85. The first kappa shape index (κ1) is 19.0. The summed E-state index contributed by atoms with van der Waals surface area (Å²) in [4.78, 5) is 6.93. The van der Waals surface area contributed by atoms with Crippen molar-refractivity contribution in [3.05, 3.63) is 59.9 Å². The molecule has 132 valence electrons. The number of nitrogen functional groups attached to an aromatic ring is 1. The van der Waals surface area contributed by atoms with Crippen LogP contribution in [0.2, 0.25) is 0 Å². The van der Waals surface area contributed by atoms with Crippen LogP contribution < -0.4 is 5.73 Å². The van der Waals surface area contributed by atoms with E-state index in [9.17, 15) is 5.26 Å². The highest BCUT2D eigenvalue weighted by atomic mass is 15.2. The largest absolute Gasteiger partial charge is 0.399 e. The number of nitrogens with two attached hydrogens (primary N) is 1. The molecule has 0 amide bonds. The molecule has 0 radical (unpaired) electrons. The Morgan fingerprint density at radius 3 is 2.20 bits per heavy atom. The van der Waals surface area contributed by atoms with Crippen LogP contribution in [-0.2, 0) is 5.41 Å². The Kier molecular flexibility index (Phi) is 6.17. The van der Waals surface area contributed by atoms with E-state index in [2.05, 4.69) is 43.6 Å². The van der Waals surface area contributed by atoms with Gasteiger partial charge in [-0.2, -0.15) is 5.26 Å². The van der Waals surface area contributed by atoms with Gasteiger partial charge in [-0.1, -0.05) is 18.2 Å². The second-order valence-corrected chi connectivity index (χ2v) is 7.03. The zero-order valence-electron chi connectivity index (χ0n) is 15.6. The second kappa shape index (κ2) is 8.13. The van der Waals surface area contributed by atoms with Gasteiger partial charge in [0.25, 0.3) is 0 Å². The lowest BCUT2D eigenvalue weighted by atomic mass is 9.75. The monoisotopic (exact) mass is 336 g/mol. The van der Waals surface area contributed by atoms with Gasteiger partial charge in [0.1, 0.15) is 5.41 Å². The van der Waals surface area contributed by atoms with Gasteiger partial charge in [-0.3, -0.25) is 9.88 Å². The molecule has 2 N–H and O–H groups in total. The number of nitrogens with zero attached hydrogens (tertiary/aromatic N) is 3. The summed E-state index contributed by atoms with van der Waals surface area (Å²) in [5, 5.41) is 10.2. The summed E-state index contributed by atoms with van der Waals surface area (Å²) >= 11 is 0. The van der Waals surface area contributed by atoms with Crippen molar-refractivity contribution in [3.63, 3.8) is 0 Å². The fourth-order valence-electron chi connectivity index (χ4n) is 3.39. The molecule has 2 aromatic rings. The van der Waals surface area contributed by atoms with Crippen LogP contribution in [0, 0.1) is 11.3 Å². The molecule has 0 bridgehead atoms. The Bertz CT molecular complexity index is 693.